The van der Waals surface area contributed by atoms with Gasteiger partial charge in [0.25, 0.3) is 0 Å². The molecule has 5 atom stereocenters. The van der Waals surface area contributed by atoms with E-state index in [0.29, 0.717) is 30.2 Å². The molecule has 0 aromatic heterocycles. The van der Waals surface area contributed by atoms with Crippen molar-refractivity contribution in [2.24, 2.45) is 10.9 Å². The molecule has 0 amide bonds. The first-order valence-electron chi connectivity index (χ1n) is 10.1. The van der Waals surface area contributed by atoms with Crippen molar-refractivity contribution in [3.63, 3.8) is 0 Å². The second kappa shape index (κ2) is 9.56. The summed E-state index contributed by atoms with van der Waals surface area (Å²) in [5, 5.41) is 7.14. The van der Waals surface area contributed by atoms with Gasteiger partial charge in [0.1, 0.15) is 0 Å². The van der Waals surface area contributed by atoms with Crippen molar-refractivity contribution in [3.05, 3.63) is 35.9 Å². The zero-order valence-electron chi connectivity index (χ0n) is 16.4. The van der Waals surface area contributed by atoms with Crippen LogP contribution in [0.4, 0.5) is 0 Å². The van der Waals surface area contributed by atoms with Gasteiger partial charge in [-0.1, -0.05) is 30.3 Å². The summed E-state index contributed by atoms with van der Waals surface area (Å²) in [7, 11) is 1.86. The molecule has 4 rings (SSSR count). The van der Waals surface area contributed by atoms with Crippen molar-refractivity contribution in [2.75, 3.05) is 20.1 Å². The highest BCUT2D eigenvalue weighted by molar-refractivity contribution is 14.0. The molecule has 5 nitrogen and oxygen atoms in total. The number of ether oxygens (including phenoxy) is 1. The van der Waals surface area contributed by atoms with Crippen LogP contribution < -0.4 is 10.6 Å². The first kappa shape index (κ1) is 20.9. The van der Waals surface area contributed by atoms with Gasteiger partial charge in [0.15, 0.2) is 5.96 Å². The van der Waals surface area contributed by atoms with Crippen LogP contribution in [0.1, 0.15) is 38.2 Å². The Morgan fingerprint density at radius 1 is 1.22 bits per heavy atom. The van der Waals surface area contributed by atoms with E-state index in [1.165, 1.54) is 24.8 Å². The fourth-order valence-electron chi connectivity index (χ4n) is 4.80. The van der Waals surface area contributed by atoms with Crippen molar-refractivity contribution < 1.29 is 4.74 Å². The smallest absolute Gasteiger partial charge is 0.191 e. The number of nitrogens with one attached hydrogen (secondary N) is 2. The Bertz CT molecular complexity index is 626. The third kappa shape index (κ3) is 5.15. The number of halogens is 1. The molecule has 0 saturated carbocycles. The molecular formula is C21H33IN4O. The van der Waals surface area contributed by atoms with Crippen LogP contribution in [0.25, 0.3) is 0 Å². The Morgan fingerprint density at radius 3 is 2.70 bits per heavy atom. The van der Waals surface area contributed by atoms with Gasteiger partial charge < -0.3 is 15.4 Å². The number of likely N-dealkylation sites (tertiary alicyclic amines) is 1. The summed E-state index contributed by atoms with van der Waals surface area (Å²) in [5.74, 6) is 1.60. The molecule has 2 bridgehead atoms. The third-order valence-electron chi connectivity index (χ3n) is 6.23. The molecule has 1 aromatic rings. The third-order valence-corrected chi connectivity index (χ3v) is 6.23. The van der Waals surface area contributed by atoms with E-state index in [9.17, 15) is 0 Å². The van der Waals surface area contributed by atoms with E-state index in [1.807, 2.05) is 7.05 Å². The standard InChI is InChI=1S/C21H32N4O.HI/c1-15-10-17(14-25(15)13-16-6-4-3-5-7-16)12-23-21(22-2)24-19-11-18-8-9-20(19)26-18;/h3-7,15,17-20H,8-14H2,1-2H3,(H2,22,23,24);1H. The maximum absolute atomic E-state index is 5.94. The molecule has 5 unspecified atom stereocenters. The number of nitrogens with zero attached hydrogens (tertiary/aromatic N) is 2. The lowest BCUT2D eigenvalue weighted by molar-refractivity contribution is 0.0992. The molecule has 0 aliphatic carbocycles. The molecule has 3 heterocycles. The number of aliphatic imine (C=N–C) groups is 1. The number of guanidine groups is 1. The highest BCUT2D eigenvalue weighted by Crippen LogP contribution is 2.34. The lowest BCUT2D eigenvalue weighted by atomic mass is 9.96. The van der Waals surface area contributed by atoms with Crippen LogP contribution in [0.2, 0.25) is 0 Å². The van der Waals surface area contributed by atoms with Gasteiger partial charge in [-0.05, 0) is 44.1 Å². The van der Waals surface area contributed by atoms with Crippen molar-refractivity contribution in [1.82, 2.24) is 15.5 Å². The summed E-state index contributed by atoms with van der Waals surface area (Å²) >= 11 is 0. The fourth-order valence-corrected chi connectivity index (χ4v) is 4.80. The second-order valence-electron chi connectivity index (χ2n) is 8.18. The van der Waals surface area contributed by atoms with Crippen LogP contribution in [-0.4, -0.2) is 55.3 Å². The van der Waals surface area contributed by atoms with E-state index < -0.39 is 0 Å². The molecule has 2 N–H and O–H groups in total. The zero-order chi connectivity index (χ0) is 17.9. The summed E-state index contributed by atoms with van der Waals surface area (Å²) in [6, 6.07) is 11.9. The van der Waals surface area contributed by atoms with Gasteiger partial charge in [0, 0.05) is 32.7 Å². The summed E-state index contributed by atoms with van der Waals surface area (Å²) in [6.07, 6.45) is 5.63. The Kier molecular flexibility index (Phi) is 7.39. The monoisotopic (exact) mass is 484 g/mol. The van der Waals surface area contributed by atoms with E-state index in [1.54, 1.807) is 0 Å². The summed E-state index contributed by atoms with van der Waals surface area (Å²) in [4.78, 5) is 7.03. The minimum atomic E-state index is 0. The average Bonchev–Trinajstić information content (AvgIpc) is 3.36. The highest BCUT2D eigenvalue weighted by Gasteiger charge is 2.41. The van der Waals surface area contributed by atoms with Gasteiger partial charge >= 0.3 is 0 Å². The molecule has 3 saturated heterocycles. The van der Waals surface area contributed by atoms with E-state index in [-0.39, 0.29) is 24.0 Å². The number of hydrogen-bond donors (Lipinski definition) is 2. The quantitative estimate of drug-likeness (QED) is 0.384. The topological polar surface area (TPSA) is 48.9 Å². The molecular weight excluding hydrogens is 451 g/mol. The van der Waals surface area contributed by atoms with Crippen LogP contribution in [0.15, 0.2) is 35.3 Å². The van der Waals surface area contributed by atoms with E-state index in [0.717, 1.165) is 32.0 Å². The minimum absolute atomic E-state index is 0. The van der Waals surface area contributed by atoms with Crippen molar-refractivity contribution >= 4 is 29.9 Å². The van der Waals surface area contributed by atoms with Gasteiger partial charge in [-0.3, -0.25) is 9.89 Å². The number of hydrogen-bond acceptors (Lipinski definition) is 3. The molecule has 6 heteroatoms. The van der Waals surface area contributed by atoms with Crippen LogP contribution in [0.5, 0.6) is 0 Å². The predicted molar refractivity (Wildman–Crippen MR) is 121 cm³/mol. The van der Waals surface area contributed by atoms with E-state index in [4.69, 9.17) is 4.74 Å². The van der Waals surface area contributed by atoms with Gasteiger partial charge in [-0.2, -0.15) is 0 Å². The molecule has 150 valence electrons. The Balaban J connectivity index is 0.00000210. The van der Waals surface area contributed by atoms with Gasteiger partial charge in [-0.25, -0.2) is 0 Å². The van der Waals surface area contributed by atoms with Gasteiger partial charge in [0.2, 0.25) is 0 Å². The molecule has 0 radical (unpaired) electrons. The fraction of sp³-hybridized carbons (Fsp3) is 0.667. The van der Waals surface area contributed by atoms with Crippen molar-refractivity contribution in [2.45, 2.75) is 63.4 Å². The largest absolute Gasteiger partial charge is 0.373 e. The van der Waals surface area contributed by atoms with Crippen LogP contribution >= 0.6 is 24.0 Å². The molecule has 3 fully saturated rings. The minimum Gasteiger partial charge on any atom is -0.373 e. The second-order valence-corrected chi connectivity index (χ2v) is 8.18. The van der Waals surface area contributed by atoms with Crippen molar-refractivity contribution in [3.8, 4) is 0 Å². The highest BCUT2D eigenvalue weighted by atomic mass is 127. The van der Waals surface area contributed by atoms with E-state index >= 15 is 0 Å². The Hall–Kier alpha value is -0.860. The SMILES string of the molecule is CN=C(NCC1CC(C)N(Cc2ccccc2)C1)NC1CC2CCC1O2.I. The lowest BCUT2D eigenvalue weighted by Gasteiger charge is -2.23. The van der Waals surface area contributed by atoms with Crippen molar-refractivity contribution in [1.29, 1.82) is 0 Å². The maximum Gasteiger partial charge on any atom is 0.191 e. The molecule has 3 aliphatic rings. The van der Waals surface area contributed by atoms with Crippen LogP contribution in [0.3, 0.4) is 0 Å². The Labute approximate surface area is 180 Å². The number of fused-ring (bicyclic) bond motifs is 2. The molecule has 0 spiro atoms. The molecule has 3 aliphatic heterocycles. The van der Waals surface area contributed by atoms with E-state index in [2.05, 4.69) is 57.8 Å². The normalized spacial score (nSPS) is 33.1. The zero-order valence-corrected chi connectivity index (χ0v) is 18.8. The lowest BCUT2D eigenvalue weighted by Crippen LogP contribution is -2.48. The first-order chi connectivity index (χ1) is 12.7. The summed E-state index contributed by atoms with van der Waals surface area (Å²) in [6.45, 7) is 5.53. The van der Waals surface area contributed by atoms with Crippen LogP contribution in [0, 0.1) is 5.92 Å². The Morgan fingerprint density at radius 2 is 2.04 bits per heavy atom. The number of benzene rings is 1. The maximum atomic E-state index is 5.94. The molecule has 27 heavy (non-hydrogen) atoms. The predicted octanol–water partition coefficient (Wildman–Crippen LogP) is 3.00. The average molecular weight is 484 g/mol. The first-order valence-corrected chi connectivity index (χ1v) is 10.1. The summed E-state index contributed by atoms with van der Waals surface area (Å²) < 4.78 is 5.94. The molecule has 1 aromatic carbocycles. The summed E-state index contributed by atoms with van der Waals surface area (Å²) in [5.41, 5.74) is 1.40. The van der Waals surface area contributed by atoms with Crippen LogP contribution in [-0.2, 0) is 11.3 Å². The number of rotatable bonds is 5. The van der Waals surface area contributed by atoms with Gasteiger partial charge in [-0.15, -0.1) is 24.0 Å². The van der Waals surface area contributed by atoms with Gasteiger partial charge in [0.05, 0.1) is 18.2 Å².